The van der Waals surface area contributed by atoms with Crippen molar-refractivity contribution in [2.45, 2.75) is 39.2 Å². The van der Waals surface area contributed by atoms with Gasteiger partial charge in [0, 0.05) is 12.0 Å². The summed E-state index contributed by atoms with van der Waals surface area (Å²) < 4.78 is 0. The van der Waals surface area contributed by atoms with Crippen molar-refractivity contribution in [3.05, 3.63) is 11.6 Å². The highest BCUT2D eigenvalue weighted by atomic mass is 16.3. The molecule has 0 spiro atoms. The molecule has 0 bridgehead atoms. The lowest BCUT2D eigenvalue weighted by atomic mass is 9.83. The van der Waals surface area contributed by atoms with E-state index in [9.17, 15) is 9.90 Å². The molecule has 0 heterocycles. The normalized spacial score (nSPS) is 25.5. The second-order valence-corrected chi connectivity index (χ2v) is 4.14. The summed E-state index contributed by atoms with van der Waals surface area (Å²) in [7, 11) is 0. The van der Waals surface area contributed by atoms with Crippen molar-refractivity contribution < 1.29 is 9.90 Å². The topological polar surface area (TPSA) is 37.3 Å². The van der Waals surface area contributed by atoms with Gasteiger partial charge in [-0.05, 0) is 26.2 Å². The molecule has 0 aliphatic heterocycles. The van der Waals surface area contributed by atoms with E-state index in [4.69, 9.17) is 0 Å². The Bertz CT molecular complexity index is 220. The van der Waals surface area contributed by atoms with Crippen molar-refractivity contribution in [2.75, 3.05) is 0 Å². The molecule has 1 aliphatic rings. The van der Waals surface area contributed by atoms with Crippen molar-refractivity contribution in [3.63, 3.8) is 0 Å². The summed E-state index contributed by atoms with van der Waals surface area (Å²) in [5, 5.41) is 9.61. The summed E-state index contributed by atoms with van der Waals surface area (Å²) in [5.74, 6) is 0.532. The fraction of sp³-hybridized carbons (Fsp3) is 0.700. The van der Waals surface area contributed by atoms with Gasteiger partial charge in [0.15, 0.2) is 5.78 Å². The van der Waals surface area contributed by atoms with Crippen molar-refractivity contribution in [3.8, 4) is 0 Å². The van der Waals surface area contributed by atoms with Crippen LogP contribution in [0.3, 0.4) is 0 Å². The smallest absolute Gasteiger partial charge is 0.161 e. The molecule has 12 heavy (non-hydrogen) atoms. The van der Waals surface area contributed by atoms with E-state index in [1.165, 1.54) is 0 Å². The lowest BCUT2D eigenvalue weighted by Crippen LogP contribution is -2.30. The van der Waals surface area contributed by atoms with Crippen molar-refractivity contribution >= 4 is 5.78 Å². The van der Waals surface area contributed by atoms with Crippen LogP contribution in [0.15, 0.2) is 11.6 Å². The second-order valence-electron chi connectivity index (χ2n) is 4.14. The molecule has 2 heteroatoms. The maximum Gasteiger partial charge on any atom is 0.161 e. The number of rotatable bonds is 1. The minimum absolute atomic E-state index is 0.0984. The predicted octanol–water partition coefficient (Wildman–Crippen LogP) is 1.68. The molecule has 0 aromatic heterocycles. The van der Waals surface area contributed by atoms with E-state index < -0.39 is 5.60 Å². The molecule has 0 radical (unpaired) electrons. The van der Waals surface area contributed by atoms with Crippen LogP contribution in [0.5, 0.6) is 0 Å². The highest BCUT2D eigenvalue weighted by molar-refractivity contribution is 5.97. The highest BCUT2D eigenvalue weighted by Gasteiger charge is 2.28. The molecule has 68 valence electrons. The monoisotopic (exact) mass is 168 g/mol. The van der Waals surface area contributed by atoms with E-state index in [1.807, 2.05) is 6.08 Å². The summed E-state index contributed by atoms with van der Waals surface area (Å²) in [4.78, 5) is 11.4. The third-order valence-corrected chi connectivity index (χ3v) is 2.22. The van der Waals surface area contributed by atoms with Gasteiger partial charge in [-0.3, -0.25) is 4.79 Å². The zero-order valence-corrected chi connectivity index (χ0v) is 7.92. The number of allylic oxidation sites excluding steroid dienone is 1. The van der Waals surface area contributed by atoms with Crippen LogP contribution in [-0.2, 0) is 4.79 Å². The van der Waals surface area contributed by atoms with Crippen LogP contribution in [0.4, 0.5) is 0 Å². The predicted molar refractivity (Wildman–Crippen MR) is 47.8 cm³/mol. The van der Waals surface area contributed by atoms with Crippen molar-refractivity contribution in [2.24, 2.45) is 5.92 Å². The first-order valence-corrected chi connectivity index (χ1v) is 4.37. The molecule has 1 aliphatic carbocycles. The van der Waals surface area contributed by atoms with Crippen molar-refractivity contribution in [1.29, 1.82) is 0 Å². The summed E-state index contributed by atoms with van der Waals surface area (Å²) in [6, 6.07) is 0. The maximum absolute atomic E-state index is 11.4. The minimum atomic E-state index is -0.961. The Morgan fingerprint density at radius 1 is 1.58 bits per heavy atom. The molecule has 0 saturated heterocycles. The number of aliphatic hydroxyl groups is 1. The third-order valence-electron chi connectivity index (χ3n) is 2.22. The molecule has 0 saturated carbocycles. The van der Waals surface area contributed by atoms with Gasteiger partial charge in [-0.15, -0.1) is 0 Å². The first-order chi connectivity index (χ1) is 5.41. The lowest BCUT2D eigenvalue weighted by molar-refractivity contribution is -0.118. The molecule has 0 unspecified atom stereocenters. The largest absolute Gasteiger partial charge is 0.386 e. The van der Waals surface area contributed by atoms with Gasteiger partial charge in [0.05, 0.1) is 5.60 Å². The van der Waals surface area contributed by atoms with Crippen LogP contribution in [-0.4, -0.2) is 16.5 Å². The summed E-state index contributed by atoms with van der Waals surface area (Å²) in [6.07, 6.45) is 3.36. The molecule has 1 atom stereocenters. The molecule has 0 amide bonds. The Morgan fingerprint density at radius 2 is 2.17 bits per heavy atom. The summed E-state index contributed by atoms with van der Waals surface area (Å²) in [5.41, 5.74) is -0.377. The molecule has 2 nitrogen and oxygen atoms in total. The van der Waals surface area contributed by atoms with Gasteiger partial charge in [0.25, 0.3) is 0 Å². The zero-order chi connectivity index (χ0) is 9.35. The number of carbonyl (C=O) groups is 1. The van der Waals surface area contributed by atoms with Gasteiger partial charge in [-0.2, -0.15) is 0 Å². The van der Waals surface area contributed by atoms with E-state index in [1.54, 1.807) is 13.8 Å². The molecule has 1 N–H and O–H groups in total. The molecular weight excluding hydrogens is 152 g/mol. The van der Waals surface area contributed by atoms with E-state index >= 15 is 0 Å². The Balaban J connectivity index is 2.85. The van der Waals surface area contributed by atoms with E-state index in [0.717, 1.165) is 6.42 Å². The van der Waals surface area contributed by atoms with Gasteiger partial charge in [-0.1, -0.05) is 13.0 Å². The van der Waals surface area contributed by atoms with Gasteiger partial charge >= 0.3 is 0 Å². The quantitative estimate of drug-likeness (QED) is 0.646. The fourth-order valence-electron chi connectivity index (χ4n) is 1.53. The lowest BCUT2D eigenvalue weighted by Gasteiger charge is -2.25. The molecular formula is C10H16O2. The number of ketones is 1. The van der Waals surface area contributed by atoms with E-state index in [0.29, 0.717) is 17.9 Å². The van der Waals surface area contributed by atoms with Crippen LogP contribution in [0, 0.1) is 5.92 Å². The van der Waals surface area contributed by atoms with Crippen LogP contribution < -0.4 is 0 Å². The zero-order valence-electron chi connectivity index (χ0n) is 7.92. The van der Waals surface area contributed by atoms with Gasteiger partial charge < -0.3 is 5.11 Å². The number of carbonyl (C=O) groups excluding carboxylic acids is 1. The molecule has 0 aromatic rings. The van der Waals surface area contributed by atoms with Gasteiger partial charge in [0.1, 0.15) is 0 Å². The van der Waals surface area contributed by atoms with E-state index in [-0.39, 0.29) is 5.78 Å². The van der Waals surface area contributed by atoms with Crippen LogP contribution >= 0.6 is 0 Å². The fourth-order valence-corrected chi connectivity index (χ4v) is 1.53. The number of hydrogen-bond donors (Lipinski definition) is 1. The molecule has 1 rings (SSSR count). The van der Waals surface area contributed by atoms with Gasteiger partial charge in [0.2, 0.25) is 0 Å². The summed E-state index contributed by atoms with van der Waals surface area (Å²) >= 11 is 0. The molecule has 0 aromatic carbocycles. The first kappa shape index (κ1) is 9.46. The van der Waals surface area contributed by atoms with E-state index in [2.05, 4.69) is 6.92 Å². The SMILES string of the molecule is C[C@@H]1CC=C(C(C)(C)O)C(=O)C1. The Labute approximate surface area is 73.3 Å². The van der Waals surface area contributed by atoms with Crippen molar-refractivity contribution in [1.82, 2.24) is 0 Å². The average molecular weight is 168 g/mol. The van der Waals surface area contributed by atoms with Gasteiger partial charge in [-0.25, -0.2) is 0 Å². The maximum atomic E-state index is 11.4. The average Bonchev–Trinajstić information content (AvgIpc) is 1.83. The number of hydrogen-bond acceptors (Lipinski definition) is 2. The van der Waals surface area contributed by atoms with Crippen LogP contribution in [0.2, 0.25) is 0 Å². The third kappa shape index (κ3) is 1.95. The number of Topliss-reactive ketones (excluding diaryl/α,β-unsaturated/α-hetero) is 1. The standard InChI is InChI=1S/C10H16O2/c1-7-4-5-8(9(11)6-7)10(2,3)12/h5,7,12H,4,6H2,1-3H3/t7-/m1/s1. The Morgan fingerprint density at radius 3 is 2.58 bits per heavy atom. The first-order valence-electron chi connectivity index (χ1n) is 4.37. The van der Waals surface area contributed by atoms with Crippen LogP contribution in [0.25, 0.3) is 0 Å². The Kier molecular flexibility index (Phi) is 2.38. The summed E-state index contributed by atoms with van der Waals surface area (Å²) in [6.45, 7) is 5.37. The minimum Gasteiger partial charge on any atom is -0.386 e. The second kappa shape index (κ2) is 3.02. The Hall–Kier alpha value is -0.630. The molecule has 0 fully saturated rings. The van der Waals surface area contributed by atoms with Crippen LogP contribution in [0.1, 0.15) is 33.6 Å². The highest BCUT2D eigenvalue weighted by Crippen LogP contribution is 2.26.